The van der Waals surface area contributed by atoms with Crippen molar-refractivity contribution in [2.75, 3.05) is 31.6 Å². The Kier molecular flexibility index (Phi) is 5.85. The molecule has 1 aromatic rings. The molecule has 5 nitrogen and oxygen atoms in total. The molecule has 1 aromatic carbocycles. The molecule has 0 radical (unpaired) electrons. The molecule has 0 aromatic heterocycles. The first-order chi connectivity index (χ1) is 10.1. The molecular formula is C15H21ClN2O3. The van der Waals surface area contributed by atoms with Gasteiger partial charge in [-0.3, -0.25) is 4.79 Å². The second kappa shape index (κ2) is 7.64. The van der Waals surface area contributed by atoms with Gasteiger partial charge < -0.3 is 20.1 Å². The Hall–Kier alpha value is -1.30. The second-order valence-electron chi connectivity index (χ2n) is 5.40. The van der Waals surface area contributed by atoms with Gasteiger partial charge in [-0.2, -0.15) is 0 Å². The summed E-state index contributed by atoms with van der Waals surface area (Å²) in [5.41, 5.74) is 0.635. The number of morpholine rings is 1. The van der Waals surface area contributed by atoms with Gasteiger partial charge in [0.05, 0.1) is 18.2 Å². The molecule has 1 heterocycles. The van der Waals surface area contributed by atoms with Crippen LogP contribution in [0.25, 0.3) is 0 Å². The number of benzene rings is 1. The zero-order chi connectivity index (χ0) is 15.2. The van der Waals surface area contributed by atoms with Crippen molar-refractivity contribution in [2.45, 2.75) is 20.0 Å². The van der Waals surface area contributed by atoms with E-state index in [2.05, 4.69) is 24.5 Å². The average Bonchev–Trinajstić information content (AvgIpc) is 2.47. The number of amides is 1. The highest BCUT2D eigenvalue weighted by atomic mass is 35.5. The van der Waals surface area contributed by atoms with Crippen molar-refractivity contribution in [3.05, 3.63) is 23.2 Å². The largest absolute Gasteiger partial charge is 0.492 e. The highest BCUT2D eigenvalue weighted by molar-refractivity contribution is 6.32. The smallest absolute Gasteiger partial charge is 0.254 e. The third-order valence-electron chi connectivity index (χ3n) is 2.99. The normalized spacial score (nSPS) is 18.6. The molecule has 0 unspecified atom stereocenters. The summed E-state index contributed by atoms with van der Waals surface area (Å²) >= 11 is 6.16. The van der Waals surface area contributed by atoms with Gasteiger partial charge in [0, 0.05) is 18.8 Å². The fourth-order valence-corrected chi connectivity index (χ4v) is 2.14. The lowest BCUT2D eigenvalue weighted by Crippen LogP contribution is -2.45. The minimum Gasteiger partial charge on any atom is -0.492 e. The summed E-state index contributed by atoms with van der Waals surface area (Å²) in [6.07, 6.45) is -0.464. The van der Waals surface area contributed by atoms with Crippen molar-refractivity contribution < 1.29 is 14.3 Å². The third-order valence-corrected chi connectivity index (χ3v) is 3.29. The summed E-state index contributed by atoms with van der Waals surface area (Å²) < 4.78 is 11.0. The highest BCUT2D eigenvalue weighted by Gasteiger charge is 2.21. The van der Waals surface area contributed by atoms with Gasteiger partial charge in [0.1, 0.15) is 11.9 Å². The lowest BCUT2D eigenvalue weighted by molar-refractivity contribution is -0.128. The number of rotatable bonds is 5. The molecule has 116 valence electrons. The van der Waals surface area contributed by atoms with E-state index in [4.69, 9.17) is 21.1 Å². The fraction of sp³-hybridized carbons (Fsp3) is 0.533. The molecule has 0 spiro atoms. The minimum atomic E-state index is -0.464. The van der Waals surface area contributed by atoms with Crippen LogP contribution in [0.2, 0.25) is 5.02 Å². The maximum Gasteiger partial charge on any atom is 0.254 e. The zero-order valence-corrected chi connectivity index (χ0v) is 13.1. The standard InChI is InChI=1S/C15H21ClN2O3/c1-10(2)9-21-13-4-3-11(7-12(13)16)18-15(19)14-8-17-5-6-20-14/h3-4,7,10,14,17H,5-6,8-9H2,1-2H3,(H,18,19)/t14-/m1/s1. The first kappa shape index (κ1) is 16.1. The van der Waals surface area contributed by atoms with Crippen LogP contribution < -0.4 is 15.4 Å². The highest BCUT2D eigenvalue weighted by Crippen LogP contribution is 2.28. The lowest BCUT2D eigenvalue weighted by Gasteiger charge is -2.22. The van der Waals surface area contributed by atoms with Crippen LogP contribution in [0.5, 0.6) is 5.75 Å². The lowest BCUT2D eigenvalue weighted by atomic mass is 10.2. The van der Waals surface area contributed by atoms with Crippen LogP contribution >= 0.6 is 11.6 Å². The maximum atomic E-state index is 12.0. The van der Waals surface area contributed by atoms with E-state index in [1.807, 2.05) is 0 Å². The predicted molar refractivity (Wildman–Crippen MR) is 83.0 cm³/mol. The van der Waals surface area contributed by atoms with Crippen LogP contribution in [-0.2, 0) is 9.53 Å². The van der Waals surface area contributed by atoms with Crippen LogP contribution in [0.1, 0.15) is 13.8 Å². The Morgan fingerprint density at radius 2 is 2.38 bits per heavy atom. The van der Waals surface area contributed by atoms with Crippen molar-refractivity contribution in [3.8, 4) is 5.75 Å². The van der Waals surface area contributed by atoms with E-state index in [0.717, 1.165) is 6.54 Å². The van der Waals surface area contributed by atoms with E-state index in [1.165, 1.54) is 0 Å². The van der Waals surface area contributed by atoms with Crippen molar-refractivity contribution in [1.29, 1.82) is 0 Å². The quantitative estimate of drug-likeness (QED) is 0.876. The number of hydrogen-bond donors (Lipinski definition) is 2. The molecule has 0 bridgehead atoms. The SMILES string of the molecule is CC(C)COc1ccc(NC(=O)[C@H]2CNCCO2)cc1Cl. The Morgan fingerprint density at radius 3 is 3.00 bits per heavy atom. The molecule has 1 saturated heterocycles. The Bertz CT molecular complexity index is 488. The van der Waals surface area contributed by atoms with E-state index in [-0.39, 0.29) is 5.91 Å². The van der Waals surface area contributed by atoms with Gasteiger partial charge in [-0.25, -0.2) is 0 Å². The molecule has 1 aliphatic rings. The third kappa shape index (κ3) is 4.88. The summed E-state index contributed by atoms with van der Waals surface area (Å²) in [5.74, 6) is 0.879. The molecule has 21 heavy (non-hydrogen) atoms. The van der Waals surface area contributed by atoms with Crippen LogP contribution in [0.3, 0.4) is 0 Å². The molecule has 2 rings (SSSR count). The Labute approximate surface area is 130 Å². The monoisotopic (exact) mass is 312 g/mol. The van der Waals surface area contributed by atoms with E-state index in [0.29, 0.717) is 42.1 Å². The molecular weight excluding hydrogens is 292 g/mol. The van der Waals surface area contributed by atoms with Crippen molar-refractivity contribution in [2.24, 2.45) is 5.92 Å². The first-order valence-electron chi connectivity index (χ1n) is 7.12. The molecule has 1 aliphatic heterocycles. The number of anilines is 1. The Morgan fingerprint density at radius 1 is 1.57 bits per heavy atom. The van der Waals surface area contributed by atoms with Crippen molar-refractivity contribution in [3.63, 3.8) is 0 Å². The minimum absolute atomic E-state index is 0.172. The molecule has 1 amide bonds. The molecule has 2 N–H and O–H groups in total. The molecule has 6 heteroatoms. The van der Waals surface area contributed by atoms with Gasteiger partial charge in [-0.1, -0.05) is 25.4 Å². The van der Waals surface area contributed by atoms with Gasteiger partial charge in [-0.15, -0.1) is 0 Å². The van der Waals surface area contributed by atoms with Gasteiger partial charge in [0.2, 0.25) is 0 Å². The number of halogens is 1. The topological polar surface area (TPSA) is 59.6 Å². The van der Waals surface area contributed by atoms with E-state index in [1.54, 1.807) is 18.2 Å². The molecule has 0 saturated carbocycles. The molecule has 1 atom stereocenters. The predicted octanol–water partition coefficient (Wildman–Crippen LogP) is 2.30. The number of carbonyl (C=O) groups is 1. The number of nitrogens with one attached hydrogen (secondary N) is 2. The van der Waals surface area contributed by atoms with Crippen molar-refractivity contribution >= 4 is 23.2 Å². The van der Waals surface area contributed by atoms with E-state index < -0.39 is 6.10 Å². The summed E-state index contributed by atoms with van der Waals surface area (Å²) in [5, 5.41) is 6.40. The molecule has 0 aliphatic carbocycles. The first-order valence-corrected chi connectivity index (χ1v) is 7.49. The summed E-state index contributed by atoms with van der Waals surface area (Å²) in [7, 11) is 0. The van der Waals surface area contributed by atoms with Gasteiger partial charge >= 0.3 is 0 Å². The molecule has 1 fully saturated rings. The maximum absolute atomic E-state index is 12.0. The second-order valence-corrected chi connectivity index (χ2v) is 5.81. The fourth-order valence-electron chi connectivity index (χ4n) is 1.91. The summed E-state index contributed by atoms with van der Waals surface area (Å²) in [4.78, 5) is 12.0. The Balaban J connectivity index is 1.94. The number of hydrogen-bond acceptors (Lipinski definition) is 4. The van der Waals surface area contributed by atoms with E-state index in [9.17, 15) is 4.79 Å². The number of carbonyl (C=O) groups excluding carboxylic acids is 1. The van der Waals surface area contributed by atoms with Gasteiger partial charge in [-0.05, 0) is 24.1 Å². The number of ether oxygens (including phenoxy) is 2. The summed E-state index contributed by atoms with van der Waals surface area (Å²) in [6.45, 7) is 6.59. The van der Waals surface area contributed by atoms with Gasteiger partial charge in [0.25, 0.3) is 5.91 Å². The van der Waals surface area contributed by atoms with Crippen LogP contribution in [-0.4, -0.2) is 38.3 Å². The van der Waals surface area contributed by atoms with E-state index >= 15 is 0 Å². The zero-order valence-electron chi connectivity index (χ0n) is 12.3. The van der Waals surface area contributed by atoms with Crippen LogP contribution in [0.15, 0.2) is 18.2 Å². The summed E-state index contributed by atoms with van der Waals surface area (Å²) in [6, 6.07) is 5.22. The van der Waals surface area contributed by atoms with Gasteiger partial charge in [0.15, 0.2) is 0 Å². The van der Waals surface area contributed by atoms with Crippen LogP contribution in [0.4, 0.5) is 5.69 Å². The van der Waals surface area contributed by atoms with Crippen LogP contribution in [0, 0.1) is 5.92 Å². The van der Waals surface area contributed by atoms with Crippen molar-refractivity contribution in [1.82, 2.24) is 5.32 Å². The average molecular weight is 313 g/mol.